The van der Waals surface area contributed by atoms with E-state index in [2.05, 4.69) is 40.2 Å². The molecular weight excluding hydrogens is 444 g/mol. The summed E-state index contributed by atoms with van der Waals surface area (Å²) >= 11 is 0. The summed E-state index contributed by atoms with van der Waals surface area (Å²) in [5.74, 6) is -1.90. The first-order valence-corrected chi connectivity index (χ1v) is 12.2. The third-order valence-corrected chi connectivity index (χ3v) is 8.15. The molecule has 2 aromatic carbocycles. The fourth-order valence-corrected chi connectivity index (χ4v) is 6.50. The van der Waals surface area contributed by atoms with Crippen molar-refractivity contribution in [3.63, 3.8) is 0 Å². The Morgan fingerprint density at radius 2 is 1.71 bits per heavy atom. The van der Waals surface area contributed by atoms with Crippen molar-refractivity contribution in [1.82, 2.24) is 20.9 Å². The van der Waals surface area contributed by atoms with Crippen LogP contribution in [0, 0.1) is 5.41 Å². The Morgan fingerprint density at radius 3 is 2.40 bits per heavy atom. The molecule has 1 atom stereocenters. The lowest BCUT2D eigenvalue weighted by atomic mass is 9.48. The van der Waals surface area contributed by atoms with Crippen molar-refractivity contribution in [2.75, 3.05) is 19.6 Å². The Balaban J connectivity index is 1.20. The van der Waals surface area contributed by atoms with Crippen LogP contribution in [0.2, 0.25) is 0 Å². The third kappa shape index (κ3) is 3.51. The predicted molar refractivity (Wildman–Crippen MR) is 127 cm³/mol. The Labute approximate surface area is 203 Å². The molecule has 0 aromatic heterocycles. The number of nitrogens with one attached hydrogen (secondary N) is 3. The quantitative estimate of drug-likeness (QED) is 0.550. The normalized spacial score (nSPS) is 24.1. The summed E-state index contributed by atoms with van der Waals surface area (Å²) in [6, 6.07) is 14.9. The summed E-state index contributed by atoms with van der Waals surface area (Å²) in [6.45, 7) is 3.37. The number of fused-ring (bicyclic) bond motifs is 1. The first-order chi connectivity index (χ1) is 16.9. The van der Waals surface area contributed by atoms with Gasteiger partial charge in [-0.3, -0.25) is 29.4 Å². The molecule has 4 aliphatic rings. The number of rotatable bonds is 6. The van der Waals surface area contributed by atoms with E-state index in [9.17, 15) is 19.2 Å². The highest BCUT2D eigenvalue weighted by Gasteiger charge is 2.57. The van der Waals surface area contributed by atoms with Gasteiger partial charge in [0.2, 0.25) is 11.8 Å². The highest BCUT2D eigenvalue weighted by molar-refractivity contribution is 6.24. The number of piperidine rings is 1. The number of amides is 4. The van der Waals surface area contributed by atoms with Gasteiger partial charge in [0.1, 0.15) is 6.04 Å². The molecule has 0 radical (unpaired) electrons. The van der Waals surface area contributed by atoms with E-state index in [0.717, 1.165) is 42.9 Å². The molecule has 1 spiro atoms. The first-order valence-electron chi connectivity index (χ1n) is 12.2. The average Bonchev–Trinajstić information content (AvgIpc) is 3.06. The highest BCUT2D eigenvalue weighted by atomic mass is 16.2. The molecule has 8 heteroatoms. The van der Waals surface area contributed by atoms with Crippen LogP contribution in [-0.2, 0) is 21.5 Å². The van der Waals surface area contributed by atoms with E-state index in [1.165, 1.54) is 5.56 Å². The zero-order chi connectivity index (χ0) is 24.2. The number of imide groups is 2. The highest BCUT2D eigenvalue weighted by Crippen LogP contribution is 2.57. The van der Waals surface area contributed by atoms with Crippen LogP contribution in [0.25, 0.3) is 0 Å². The van der Waals surface area contributed by atoms with Crippen molar-refractivity contribution in [3.8, 4) is 0 Å². The molecule has 3 N–H and O–H groups in total. The fourth-order valence-electron chi connectivity index (χ4n) is 6.50. The van der Waals surface area contributed by atoms with Gasteiger partial charge in [-0.1, -0.05) is 42.5 Å². The van der Waals surface area contributed by atoms with Crippen LogP contribution in [0.4, 0.5) is 0 Å². The van der Waals surface area contributed by atoms with Crippen molar-refractivity contribution in [1.29, 1.82) is 0 Å². The molecule has 2 aromatic rings. The van der Waals surface area contributed by atoms with Crippen molar-refractivity contribution < 1.29 is 19.2 Å². The van der Waals surface area contributed by atoms with Gasteiger partial charge < -0.3 is 10.6 Å². The van der Waals surface area contributed by atoms with Gasteiger partial charge in [-0.25, -0.2) is 0 Å². The summed E-state index contributed by atoms with van der Waals surface area (Å²) in [5, 5.41) is 9.23. The van der Waals surface area contributed by atoms with Crippen LogP contribution >= 0.6 is 0 Å². The first kappa shape index (κ1) is 22.1. The standard InChI is InChI=1S/C27H28N4O4/c32-21-10-9-20(23(33)30-21)31-24(34)19-8-4-5-17(22(19)25(31)35)11-28-16-27(18-6-2-1-3-7-18)12-26(13-27)14-29-15-26/h1-8,20,28-29H,9-16H2,(H,30,32,33). The number of nitrogens with zero attached hydrogens (tertiary/aromatic N) is 1. The molecule has 0 bridgehead atoms. The third-order valence-electron chi connectivity index (χ3n) is 8.15. The lowest BCUT2D eigenvalue weighted by Crippen LogP contribution is -2.67. The molecule has 4 amide bonds. The summed E-state index contributed by atoms with van der Waals surface area (Å²) in [5.41, 5.74) is 3.21. The Kier molecular flexibility index (Phi) is 5.12. The van der Waals surface area contributed by atoms with Gasteiger partial charge in [-0.15, -0.1) is 0 Å². The van der Waals surface area contributed by atoms with E-state index in [0.29, 0.717) is 23.1 Å². The number of hydrogen-bond acceptors (Lipinski definition) is 6. The molecule has 35 heavy (non-hydrogen) atoms. The maximum absolute atomic E-state index is 13.3. The minimum absolute atomic E-state index is 0.0555. The molecule has 2 saturated heterocycles. The van der Waals surface area contributed by atoms with Crippen molar-refractivity contribution in [2.24, 2.45) is 5.41 Å². The second-order valence-corrected chi connectivity index (χ2v) is 10.5. The van der Waals surface area contributed by atoms with Crippen molar-refractivity contribution in [3.05, 3.63) is 70.8 Å². The molecule has 6 rings (SSSR count). The number of hydrogen-bond donors (Lipinski definition) is 3. The lowest BCUT2D eigenvalue weighted by molar-refractivity contribution is -0.136. The van der Waals surface area contributed by atoms with Crippen LogP contribution in [0.5, 0.6) is 0 Å². The van der Waals surface area contributed by atoms with E-state index >= 15 is 0 Å². The summed E-state index contributed by atoms with van der Waals surface area (Å²) in [4.78, 5) is 51.3. The van der Waals surface area contributed by atoms with E-state index in [1.807, 2.05) is 12.1 Å². The van der Waals surface area contributed by atoms with Gasteiger partial charge in [0.15, 0.2) is 0 Å². The Bertz CT molecular complexity index is 1230. The summed E-state index contributed by atoms with van der Waals surface area (Å²) in [7, 11) is 0. The van der Waals surface area contributed by atoms with Gasteiger partial charge in [-0.05, 0) is 41.9 Å². The number of carbonyl (C=O) groups excluding carboxylic acids is 4. The average molecular weight is 473 g/mol. The van der Waals surface area contributed by atoms with E-state index < -0.39 is 23.8 Å². The molecule has 8 nitrogen and oxygen atoms in total. The minimum Gasteiger partial charge on any atom is -0.316 e. The van der Waals surface area contributed by atoms with E-state index in [1.54, 1.807) is 12.1 Å². The monoisotopic (exact) mass is 472 g/mol. The van der Waals surface area contributed by atoms with Crippen molar-refractivity contribution in [2.45, 2.75) is 43.7 Å². The van der Waals surface area contributed by atoms with Crippen LogP contribution in [-0.4, -0.2) is 54.2 Å². The molecule has 3 fully saturated rings. The van der Waals surface area contributed by atoms with Gasteiger partial charge in [0.25, 0.3) is 11.8 Å². The largest absolute Gasteiger partial charge is 0.316 e. The van der Waals surface area contributed by atoms with E-state index in [4.69, 9.17) is 0 Å². The van der Waals surface area contributed by atoms with Gasteiger partial charge in [0.05, 0.1) is 11.1 Å². The SMILES string of the molecule is O=C1CCC(N2C(=O)c3cccc(CNCC4(c5ccccc5)CC5(CNC5)C4)c3C2=O)C(=O)N1. The van der Waals surface area contributed by atoms with E-state index in [-0.39, 0.29) is 24.2 Å². The van der Waals surface area contributed by atoms with Crippen LogP contribution in [0.15, 0.2) is 48.5 Å². The molecule has 1 saturated carbocycles. The Morgan fingerprint density at radius 1 is 0.943 bits per heavy atom. The second-order valence-electron chi connectivity index (χ2n) is 10.5. The summed E-state index contributed by atoms with van der Waals surface area (Å²) in [6.07, 6.45) is 2.51. The molecule has 3 aliphatic heterocycles. The van der Waals surface area contributed by atoms with Gasteiger partial charge in [-0.2, -0.15) is 0 Å². The zero-order valence-corrected chi connectivity index (χ0v) is 19.4. The summed E-state index contributed by atoms with van der Waals surface area (Å²) < 4.78 is 0. The predicted octanol–water partition coefficient (Wildman–Crippen LogP) is 1.50. The van der Waals surface area contributed by atoms with Gasteiger partial charge in [0, 0.05) is 38.0 Å². The maximum atomic E-state index is 13.3. The number of benzene rings is 2. The topological polar surface area (TPSA) is 108 Å². The Hall–Kier alpha value is -3.36. The number of carbonyl (C=O) groups is 4. The molecule has 3 heterocycles. The molecule has 1 aliphatic carbocycles. The minimum atomic E-state index is -0.954. The molecule has 1 unspecified atom stereocenters. The zero-order valence-electron chi connectivity index (χ0n) is 19.4. The second kappa shape index (κ2) is 8.10. The van der Waals surface area contributed by atoms with Crippen LogP contribution in [0.1, 0.15) is 57.5 Å². The molecule has 180 valence electrons. The molecular formula is C27H28N4O4. The fraction of sp³-hybridized carbons (Fsp3) is 0.407. The maximum Gasteiger partial charge on any atom is 0.262 e. The van der Waals surface area contributed by atoms with Crippen LogP contribution in [0.3, 0.4) is 0 Å². The van der Waals surface area contributed by atoms with Crippen LogP contribution < -0.4 is 16.0 Å². The van der Waals surface area contributed by atoms with Gasteiger partial charge >= 0.3 is 0 Å². The van der Waals surface area contributed by atoms with Crippen molar-refractivity contribution >= 4 is 23.6 Å². The smallest absolute Gasteiger partial charge is 0.262 e. The lowest BCUT2D eigenvalue weighted by Gasteiger charge is -2.61.